The predicted molar refractivity (Wildman–Crippen MR) is 71.4 cm³/mol. The number of aromatic nitrogens is 1. The average Bonchev–Trinajstić information content (AvgIpc) is 2.58. The van der Waals surface area contributed by atoms with Gasteiger partial charge >= 0.3 is 0 Å². The Labute approximate surface area is 110 Å². The minimum atomic E-state index is -0.635. The van der Waals surface area contributed by atoms with Crippen molar-refractivity contribution in [1.29, 1.82) is 0 Å². The summed E-state index contributed by atoms with van der Waals surface area (Å²) in [7, 11) is 0. The van der Waals surface area contributed by atoms with Crippen LogP contribution in [0.4, 0.5) is 0 Å². The van der Waals surface area contributed by atoms with Gasteiger partial charge in [0.2, 0.25) is 0 Å². The van der Waals surface area contributed by atoms with Crippen molar-refractivity contribution < 1.29 is 9.84 Å². The smallest absolute Gasteiger partial charge is 0.251 e. The van der Waals surface area contributed by atoms with Crippen LogP contribution in [0.1, 0.15) is 18.0 Å². The molecule has 0 aliphatic carbocycles. The van der Waals surface area contributed by atoms with Gasteiger partial charge in [-0.05, 0) is 12.1 Å². The van der Waals surface area contributed by atoms with Crippen molar-refractivity contribution in [3.63, 3.8) is 0 Å². The maximum absolute atomic E-state index is 12.0. The van der Waals surface area contributed by atoms with Crippen LogP contribution in [0.25, 0.3) is 0 Å². The molecular formula is C15H15NO3. The number of hydrogen-bond donors (Lipinski definition) is 1. The normalized spacial score (nSPS) is 22.2. The minimum absolute atomic E-state index is 0.122. The number of para-hydroxylation sites is 1. The molecule has 2 aromatic rings. The van der Waals surface area contributed by atoms with Crippen LogP contribution in [-0.4, -0.2) is 22.4 Å². The van der Waals surface area contributed by atoms with Crippen LogP contribution >= 0.6 is 0 Å². The molecule has 4 nitrogen and oxygen atoms in total. The van der Waals surface area contributed by atoms with Gasteiger partial charge in [0.05, 0.1) is 18.8 Å². The Balaban J connectivity index is 2.18. The van der Waals surface area contributed by atoms with Gasteiger partial charge in [-0.25, -0.2) is 0 Å². The first-order valence-electron chi connectivity index (χ1n) is 6.34. The summed E-state index contributed by atoms with van der Waals surface area (Å²) in [5.41, 5.74) is 0.726. The summed E-state index contributed by atoms with van der Waals surface area (Å²) in [5.74, 6) is 0.736. The van der Waals surface area contributed by atoms with E-state index in [9.17, 15) is 9.90 Å². The molecule has 4 heteroatoms. The van der Waals surface area contributed by atoms with Gasteiger partial charge in [0, 0.05) is 24.2 Å². The van der Waals surface area contributed by atoms with Gasteiger partial charge in [-0.3, -0.25) is 4.79 Å². The van der Waals surface area contributed by atoms with E-state index in [0.29, 0.717) is 13.0 Å². The van der Waals surface area contributed by atoms with Crippen LogP contribution in [-0.2, 0) is 0 Å². The lowest BCUT2D eigenvalue weighted by Gasteiger charge is -2.23. The van der Waals surface area contributed by atoms with Crippen molar-refractivity contribution in [2.24, 2.45) is 0 Å². The van der Waals surface area contributed by atoms with Gasteiger partial charge in [0.15, 0.2) is 0 Å². The van der Waals surface area contributed by atoms with Crippen LogP contribution in [0.2, 0.25) is 0 Å². The highest BCUT2D eigenvalue weighted by atomic mass is 16.5. The van der Waals surface area contributed by atoms with Crippen molar-refractivity contribution >= 4 is 0 Å². The van der Waals surface area contributed by atoms with Gasteiger partial charge < -0.3 is 14.4 Å². The van der Waals surface area contributed by atoms with Crippen LogP contribution in [0, 0.1) is 0 Å². The summed E-state index contributed by atoms with van der Waals surface area (Å²) >= 11 is 0. The summed E-state index contributed by atoms with van der Waals surface area (Å²) in [6.45, 7) is 0.455. The fraction of sp³-hybridized carbons (Fsp3) is 0.267. The highest BCUT2D eigenvalue weighted by Gasteiger charge is 2.28. The number of aliphatic hydroxyl groups excluding tert-OH is 1. The standard InChI is InChI=1S/C15H15NO3/c17-12-8-10-19-13-6-2-1-5-11(13)15(12)16-9-4-3-7-14(16)18/h1-7,9,12,15,17H,8,10H2/t12-,15-/m0/s1. The third-order valence-corrected chi connectivity index (χ3v) is 3.42. The number of ether oxygens (including phenoxy) is 1. The second kappa shape index (κ2) is 4.90. The predicted octanol–water partition coefficient (Wildman–Crippen LogP) is 1.58. The number of benzene rings is 1. The third kappa shape index (κ3) is 2.15. The van der Waals surface area contributed by atoms with Gasteiger partial charge in [-0.15, -0.1) is 0 Å². The summed E-state index contributed by atoms with van der Waals surface area (Å²) in [4.78, 5) is 12.0. The van der Waals surface area contributed by atoms with Crippen LogP contribution in [0.15, 0.2) is 53.5 Å². The van der Waals surface area contributed by atoms with E-state index in [1.807, 2.05) is 24.3 Å². The molecule has 1 aromatic heterocycles. The average molecular weight is 257 g/mol. The zero-order chi connectivity index (χ0) is 13.2. The van der Waals surface area contributed by atoms with E-state index in [-0.39, 0.29) is 5.56 Å². The Kier molecular flexibility index (Phi) is 3.09. The molecule has 2 atom stereocenters. The molecule has 1 N–H and O–H groups in total. The van der Waals surface area contributed by atoms with Gasteiger partial charge in [-0.2, -0.15) is 0 Å². The number of fused-ring (bicyclic) bond motifs is 1. The zero-order valence-electron chi connectivity index (χ0n) is 10.4. The van der Waals surface area contributed by atoms with Crippen molar-refractivity contribution in [2.75, 3.05) is 6.61 Å². The van der Waals surface area contributed by atoms with Gasteiger partial charge in [0.1, 0.15) is 5.75 Å². The van der Waals surface area contributed by atoms with E-state index < -0.39 is 12.1 Å². The molecule has 0 saturated heterocycles. The summed E-state index contributed by atoms with van der Waals surface area (Å²) in [6.07, 6.45) is 1.57. The van der Waals surface area contributed by atoms with E-state index >= 15 is 0 Å². The molecule has 0 radical (unpaired) electrons. The van der Waals surface area contributed by atoms with Crippen molar-refractivity contribution in [1.82, 2.24) is 4.57 Å². The third-order valence-electron chi connectivity index (χ3n) is 3.42. The summed E-state index contributed by atoms with van der Waals surface area (Å²) in [6, 6.07) is 12.1. The topological polar surface area (TPSA) is 51.5 Å². The lowest BCUT2D eigenvalue weighted by atomic mass is 9.99. The fourth-order valence-corrected chi connectivity index (χ4v) is 2.52. The molecule has 0 saturated carbocycles. The number of pyridine rings is 1. The SMILES string of the molecule is O=c1ccccn1[C@H]1c2ccccc2OCC[C@@H]1O. The molecule has 0 unspecified atom stereocenters. The van der Waals surface area contributed by atoms with Crippen LogP contribution in [0.3, 0.4) is 0 Å². The summed E-state index contributed by atoms with van der Waals surface area (Å²) < 4.78 is 7.20. The molecule has 1 aromatic carbocycles. The second-order valence-electron chi connectivity index (χ2n) is 4.63. The highest BCUT2D eigenvalue weighted by Crippen LogP contribution is 2.33. The van der Waals surface area contributed by atoms with Crippen LogP contribution < -0.4 is 10.3 Å². The minimum Gasteiger partial charge on any atom is -0.493 e. The molecule has 1 aliphatic rings. The highest BCUT2D eigenvalue weighted by molar-refractivity contribution is 5.38. The largest absolute Gasteiger partial charge is 0.493 e. The first kappa shape index (κ1) is 12.0. The maximum Gasteiger partial charge on any atom is 0.251 e. The number of aliphatic hydroxyl groups is 1. The Morgan fingerprint density at radius 3 is 2.79 bits per heavy atom. The molecular weight excluding hydrogens is 242 g/mol. The zero-order valence-corrected chi connectivity index (χ0v) is 10.4. The maximum atomic E-state index is 12.0. The molecule has 0 amide bonds. The van der Waals surface area contributed by atoms with Crippen molar-refractivity contribution in [2.45, 2.75) is 18.6 Å². The molecule has 98 valence electrons. The Hall–Kier alpha value is -2.07. The molecule has 0 bridgehead atoms. The molecule has 0 fully saturated rings. The van der Waals surface area contributed by atoms with E-state index in [2.05, 4.69) is 0 Å². The van der Waals surface area contributed by atoms with Crippen LogP contribution in [0.5, 0.6) is 5.75 Å². The van der Waals surface area contributed by atoms with Gasteiger partial charge in [-0.1, -0.05) is 24.3 Å². The number of nitrogens with zero attached hydrogens (tertiary/aromatic N) is 1. The van der Waals surface area contributed by atoms with Crippen molar-refractivity contribution in [3.8, 4) is 5.75 Å². The monoisotopic (exact) mass is 257 g/mol. The first-order chi connectivity index (χ1) is 9.27. The van der Waals surface area contributed by atoms with Gasteiger partial charge in [0.25, 0.3) is 5.56 Å². The molecule has 3 rings (SSSR count). The molecule has 0 spiro atoms. The lowest BCUT2D eigenvalue weighted by molar-refractivity contribution is 0.112. The van der Waals surface area contributed by atoms with E-state index in [1.54, 1.807) is 22.9 Å². The summed E-state index contributed by atoms with van der Waals surface area (Å²) in [5, 5.41) is 10.3. The Morgan fingerprint density at radius 1 is 1.16 bits per heavy atom. The van der Waals surface area contributed by atoms with E-state index in [0.717, 1.165) is 11.3 Å². The number of rotatable bonds is 1. The lowest BCUT2D eigenvalue weighted by Crippen LogP contribution is -2.32. The quantitative estimate of drug-likeness (QED) is 0.844. The Morgan fingerprint density at radius 2 is 1.95 bits per heavy atom. The van der Waals surface area contributed by atoms with E-state index in [4.69, 9.17) is 4.74 Å². The van der Waals surface area contributed by atoms with Crippen molar-refractivity contribution in [3.05, 3.63) is 64.6 Å². The molecule has 1 aliphatic heterocycles. The first-order valence-corrected chi connectivity index (χ1v) is 6.34. The Bertz CT molecular complexity index is 635. The molecule has 19 heavy (non-hydrogen) atoms. The second-order valence-corrected chi connectivity index (χ2v) is 4.63. The van der Waals surface area contributed by atoms with E-state index in [1.165, 1.54) is 6.07 Å². The fourth-order valence-electron chi connectivity index (χ4n) is 2.52. The number of hydrogen-bond acceptors (Lipinski definition) is 3. The molecule has 2 heterocycles.